The summed E-state index contributed by atoms with van der Waals surface area (Å²) < 4.78 is 0. The quantitative estimate of drug-likeness (QED) is 0.752. The van der Waals surface area contributed by atoms with Crippen molar-refractivity contribution in [2.24, 2.45) is 5.73 Å². The minimum atomic E-state index is 0.0993. The minimum Gasteiger partial charge on any atom is -0.396 e. The molecule has 0 bridgehead atoms. The van der Waals surface area contributed by atoms with Crippen molar-refractivity contribution in [1.29, 1.82) is 0 Å². The van der Waals surface area contributed by atoms with Crippen molar-refractivity contribution in [1.82, 2.24) is 10.3 Å². The largest absolute Gasteiger partial charge is 0.396 e. The fourth-order valence-corrected chi connectivity index (χ4v) is 2.38. The summed E-state index contributed by atoms with van der Waals surface area (Å²) in [5, 5.41) is 13.6. The highest BCUT2D eigenvalue weighted by Gasteiger charge is 2.13. The molecule has 2 rings (SSSR count). The van der Waals surface area contributed by atoms with Crippen LogP contribution in [0.3, 0.4) is 0 Å². The molecule has 4 N–H and O–H groups in total. The third kappa shape index (κ3) is 3.54. The Labute approximate surface area is 120 Å². The fraction of sp³-hybridized carbons (Fsp3) is 0.438. The van der Waals surface area contributed by atoms with Crippen LogP contribution < -0.4 is 11.1 Å². The van der Waals surface area contributed by atoms with Crippen molar-refractivity contribution >= 4 is 10.9 Å². The first-order valence-corrected chi connectivity index (χ1v) is 7.08. The van der Waals surface area contributed by atoms with Crippen molar-refractivity contribution in [2.45, 2.75) is 32.4 Å². The second kappa shape index (κ2) is 6.79. The number of pyridine rings is 1. The molecule has 0 amide bonds. The van der Waals surface area contributed by atoms with Gasteiger partial charge in [-0.15, -0.1) is 0 Å². The Bertz CT molecular complexity index is 571. The number of aliphatic hydroxyl groups is 1. The number of aromatic nitrogens is 1. The summed E-state index contributed by atoms with van der Waals surface area (Å²) in [6, 6.07) is 10.7. The maximum absolute atomic E-state index is 8.98. The summed E-state index contributed by atoms with van der Waals surface area (Å²) in [6.45, 7) is 4.77. The van der Waals surface area contributed by atoms with E-state index < -0.39 is 0 Å². The third-order valence-corrected chi connectivity index (χ3v) is 3.54. The number of hydrogen-bond donors (Lipinski definition) is 3. The number of fused-ring (bicyclic) bond motifs is 1. The molecule has 4 nitrogen and oxygen atoms in total. The Balaban J connectivity index is 2.23. The van der Waals surface area contributed by atoms with Gasteiger partial charge in [0.25, 0.3) is 0 Å². The summed E-state index contributed by atoms with van der Waals surface area (Å²) in [6.07, 6.45) is 0.727. The number of aryl methyl sites for hydroxylation is 1. The average molecular weight is 273 g/mol. The number of aliphatic hydroxyl groups excluding tert-OH is 1. The maximum atomic E-state index is 8.98. The van der Waals surface area contributed by atoms with Crippen LogP contribution in [0.25, 0.3) is 10.9 Å². The van der Waals surface area contributed by atoms with Gasteiger partial charge in [0.05, 0.1) is 5.52 Å². The molecule has 108 valence electrons. The van der Waals surface area contributed by atoms with Crippen LogP contribution in [0.15, 0.2) is 30.3 Å². The molecule has 0 saturated heterocycles. The van der Waals surface area contributed by atoms with E-state index in [-0.39, 0.29) is 18.7 Å². The Kier molecular flexibility index (Phi) is 5.06. The second-order valence-electron chi connectivity index (χ2n) is 5.27. The van der Waals surface area contributed by atoms with Crippen molar-refractivity contribution < 1.29 is 5.11 Å². The van der Waals surface area contributed by atoms with Crippen LogP contribution in [-0.4, -0.2) is 29.3 Å². The number of hydrogen-bond acceptors (Lipinski definition) is 4. The summed E-state index contributed by atoms with van der Waals surface area (Å²) in [7, 11) is 0. The lowest BCUT2D eigenvalue weighted by Gasteiger charge is -2.22. The molecule has 0 aliphatic carbocycles. The molecule has 2 unspecified atom stereocenters. The third-order valence-electron chi connectivity index (χ3n) is 3.54. The summed E-state index contributed by atoms with van der Waals surface area (Å²) >= 11 is 0. The van der Waals surface area contributed by atoms with E-state index in [1.807, 2.05) is 19.1 Å². The van der Waals surface area contributed by atoms with Crippen LogP contribution in [0, 0.1) is 6.92 Å². The monoisotopic (exact) mass is 273 g/mol. The molecule has 0 aliphatic rings. The van der Waals surface area contributed by atoms with E-state index in [1.165, 1.54) is 0 Å². The van der Waals surface area contributed by atoms with Gasteiger partial charge in [-0.1, -0.05) is 12.1 Å². The van der Waals surface area contributed by atoms with Crippen molar-refractivity contribution in [3.63, 3.8) is 0 Å². The van der Waals surface area contributed by atoms with Crippen molar-refractivity contribution in [3.05, 3.63) is 41.6 Å². The van der Waals surface area contributed by atoms with E-state index >= 15 is 0 Å². The van der Waals surface area contributed by atoms with Gasteiger partial charge in [0, 0.05) is 36.3 Å². The zero-order valence-electron chi connectivity index (χ0n) is 12.1. The number of nitrogens with one attached hydrogen (secondary N) is 1. The zero-order valence-corrected chi connectivity index (χ0v) is 12.1. The highest BCUT2D eigenvalue weighted by molar-refractivity contribution is 5.79. The molecular formula is C16H23N3O. The van der Waals surface area contributed by atoms with Crippen LogP contribution in [0.1, 0.15) is 30.6 Å². The number of nitrogens with zero attached hydrogens (tertiary/aromatic N) is 1. The molecule has 2 aromatic rings. The number of rotatable bonds is 6. The molecule has 1 heterocycles. The van der Waals surface area contributed by atoms with Gasteiger partial charge in [-0.2, -0.15) is 0 Å². The van der Waals surface area contributed by atoms with Crippen LogP contribution >= 0.6 is 0 Å². The lowest BCUT2D eigenvalue weighted by Crippen LogP contribution is -2.35. The van der Waals surface area contributed by atoms with Crippen LogP contribution in [0.2, 0.25) is 0 Å². The van der Waals surface area contributed by atoms with Gasteiger partial charge in [0.15, 0.2) is 0 Å². The molecule has 0 aliphatic heterocycles. The Morgan fingerprint density at radius 2 is 2.10 bits per heavy atom. The lowest BCUT2D eigenvalue weighted by molar-refractivity contribution is 0.263. The van der Waals surface area contributed by atoms with E-state index in [0.29, 0.717) is 6.54 Å². The molecule has 1 aromatic carbocycles. The van der Waals surface area contributed by atoms with E-state index in [4.69, 9.17) is 10.8 Å². The Morgan fingerprint density at radius 3 is 2.80 bits per heavy atom. The predicted molar refractivity (Wildman–Crippen MR) is 82.6 cm³/mol. The zero-order chi connectivity index (χ0) is 14.5. The van der Waals surface area contributed by atoms with Crippen LogP contribution in [-0.2, 0) is 0 Å². The first kappa shape index (κ1) is 14.9. The van der Waals surface area contributed by atoms with Gasteiger partial charge in [-0.3, -0.25) is 4.98 Å². The Morgan fingerprint density at radius 1 is 1.30 bits per heavy atom. The molecule has 1 aromatic heterocycles. The molecule has 20 heavy (non-hydrogen) atoms. The van der Waals surface area contributed by atoms with Gasteiger partial charge in [-0.25, -0.2) is 0 Å². The standard InChI is InChI=1S/C16H23N3O/c1-11-3-4-13-9-14(5-6-15(13)18-11)16(10-17)19-12(2)7-8-20/h3-6,9,12,16,19-20H,7-8,10,17H2,1-2H3. The normalized spacial score (nSPS) is 14.4. The average Bonchev–Trinajstić information content (AvgIpc) is 2.44. The van der Waals surface area contributed by atoms with E-state index in [0.717, 1.165) is 28.6 Å². The lowest BCUT2D eigenvalue weighted by atomic mass is 10.0. The van der Waals surface area contributed by atoms with Gasteiger partial charge in [0.2, 0.25) is 0 Å². The van der Waals surface area contributed by atoms with Gasteiger partial charge in [-0.05, 0) is 44.0 Å². The topological polar surface area (TPSA) is 71.2 Å². The first-order valence-electron chi connectivity index (χ1n) is 7.08. The smallest absolute Gasteiger partial charge is 0.0705 e. The summed E-state index contributed by atoms with van der Waals surface area (Å²) in [4.78, 5) is 4.51. The van der Waals surface area contributed by atoms with E-state index in [9.17, 15) is 0 Å². The second-order valence-corrected chi connectivity index (χ2v) is 5.27. The van der Waals surface area contributed by atoms with Crippen LogP contribution in [0.5, 0.6) is 0 Å². The van der Waals surface area contributed by atoms with Gasteiger partial charge >= 0.3 is 0 Å². The minimum absolute atomic E-state index is 0.0993. The molecule has 0 radical (unpaired) electrons. The Hall–Kier alpha value is -1.49. The van der Waals surface area contributed by atoms with Gasteiger partial charge < -0.3 is 16.2 Å². The number of nitrogens with two attached hydrogens (primary N) is 1. The van der Waals surface area contributed by atoms with E-state index in [2.05, 4.69) is 35.4 Å². The van der Waals surface area contributed by atoms with Gasteiger partial charge in [0.1, 0.15) is 0 Å². The maximum Gasteiger partial charge on any atom is 0.0705 e. The first-order chi connectivity index (χ1) is 9.63. The fourth-order valence-electron chi connectivity index (χ4n) is 2.38. The molecule has 0 saturated carbocycles. The SMILES string of the molecule is Cc1ccc2cc(C(CN)NC(C)CCO)ccc2n1. The van der Waals surface area contributed by atoms with E-state index in [1.54, 1.807) is 0 Å². The van der Waals surface area contributed by atoms with Crippen molar-refractivity contribution in [3.8, 4) is 0 Å². The summed E-state index contributed by atoms with van der Waals surface area (Å²) in [5.74, 6) is 0. The predicted octanol–water partition coefficient (Wildman–Crippen LogP) is 1.90. The highest BCUT2D eigenvalue weighted by Crippen LogP contribution is 2.20. The molecule has 2 atom stereocenters. The molecule has 0 fully saturated rings. The number of benzene rings is 1. The summed E-state index contributed by atoms with van der Waals surface area (Å²) in [5.41, 5.74) is 9.07. The van der Waals surface area contributed by atoms with Crippen molar-refractivity contribution in [2.75, 3.05) is 13.2 Å². The van der Waals surface area contributed by atoms with Crippen LogP contribution in [0.4, 0.5) is 0 Å². The molecule has 4 heteroatoms. The highest BCUT2D eigenvalue weighted by atomic mass is 16.3. The molecular weight excluding hydrogens is 250 g/mol. The molecule has 0 spiro atoms.